The quantitative estimate of drug-likeness (QED) is 0.374. The summed E-state index contributed by atoms with van der Waals surface area (Å²) in [6.07, 6.45) is 3.25. The molecule has 0 saturated carbocycles. The molecule has 0 bridgehead atoms. The van der Waals surface area contributed by atoms with Crippen molar-refractivity contribution in [1.29, 1.82) is 0 Å². The van der Waals surface area contributed by atoms with E-state index < -0.39 is 0 Å². The lowest BCUT2D eigenvalue weighted by Gasteiger charge is -1.68. The first-order valence-electron chi connectivity index (χ1n) is 2.40. The fraction of sp³-hybridized carbons (Fsp3) is 0.286. The van der Waals surface area contributed by atoms with Crippen molar-refractivity contribution in [1.82, 2.24) is 0 Å². The number of rotatable bonds is 1. The van der Waals surface area contributed by atoms with Crippen LogP contribution < -0.4 is 0 Å². The van der Waals surface area contributed by atoms with Crippen LogP contribution in [0, 0.1) is 0 Å². The summed E-state index contributed by atoms with van der Waals surface area (Å²) in [5, 5.41) is 0. The highest BCUT2D eigenvalue weighted by molar-refractivity contribution is 5.87. The summed E-state index contributed by atoms with van der Waals surface area (Å²) in [7, 11) is 0. The van der Waals surface area contributed by atoms with E-state index in [9.17, 15) is 4.79 Å². The molecule has 0 amide bonds. The fourth-order valence-electron chi connectivity index (χ4n) is 0.235. The van der Waals surface area contributed by atoms with E-state index >= 15 is 0 Å². The summed E-state index contributed by atoms with van der Waals surface area (Å²) >= 11 is 0. The SMILES string of the molecule is C/C=C\C(C)=O.C=C. The lowest BCUT2D eigenvalue weighted by molar-refractivity contribution is -0.112. The topological polar surface area (TPSA) is 17.1 Å². The molecule has 0 N–H and O–H groups in total. The highest BCUT2D eigenvalue weighted by Gasteiger charge is 1.73. The Kier molecular flexibility index (Phi) is 12.1. The van der Waals surface area contributed by atoms with E-state index in [0.717, 1.165) is 0 Å². The Bertz CT molecular complexity index is 82.4. The van der Waals surface area contributed by atoms with Crippen LogP contribution in [-0.4, -0.2) is 5.78 Å². The zero-order valence-electron chi connectivity index (χ0n) is 5.48. The molecule has 0 spiro atoms. The molecule has 0 aromatic carbocycles. The maximum Gasteiger partial charge on any atom is 0.152 e. The average molecular weight is 112 g/mol. The predicted molar refractivity (Wildman–Crippen MR) is 36.7 cm³/mol. The largest absolute Gasteiger partial charge is 0.295 e. The van der Waals surface area contributed by atoms with E-state index in [-0.39, 0.29) is 5.78 Å². The van der Waals surface area contributed by atoms with Crippen molar-refractivity contribution in [3.05, 3.63) is 25.3 Å². The van der Waals surface area contributed by atoms with Gasteiger partial charge in [-0.2, -0.15) is 0 Å². The van der Waals surface area contributed by atoms with E-state index in [2.05, 4.69) is 13.2 Å². The van der Waals surface area contributed by atoms with Crippen LogP contribution in [-0.2, 0) is 4.79 Å². The second kappa shape index (κ2) is 9.47. The molecule has 0 aliphatic rings. The van der Waals surface area contributed by atoms with Crippen LogP contribution in [0.5, 0.6) is 0 Å². The van der Waals surface area contributed by atoms with Crippen LogP contribution in [0.1, 0.15) is 13.8 Å². The molecule has 8 heavy (non-hydrogen) atoms. The Morgan fingerprint density at radius 2 is 1.88 bits per heavy atom. The Balaban J connectivity index is 0. The molecular weight excluding hydrogens is 100 g/mol. The van der Waals surface area contributed by atoms with Crippen LogP contribution in [0.4, 0.5) is 0 Å². The Hall–Kier alpha value is -0.850. The first kappa shape index (κ1) is 10.2. The van der Waals surface area contributed by atoms with Gasteiger partial charge in [0.05, 0.1) is 0 Å². The molecular formula is C7H12O. The summed E-state index contributed by atoms with van der Waals surface area (Å²) in [5.74, 6) is 0.109. The number of hydrogen-bond donors (Lipinski definition) is 0. The van der Waals surface area contributed by atoms with E-state index in [1.54, 1.807) is 6.08 Å². The molecule has 1 heteroatoms. The third-order valence-electron chi connectivity index (χ3n) is 0.401. The first-order valence-corrected chi connectivity index (χ1v) is 2.40. The third-order valence-corrected chi connectivity index (χ3v) is 0.401. The van der Waals surface area contributed by atoms with Gasteiger partial charge in [-0.25, -0.2) is 0 Å². The van der Waals surface area contributed by atoms with Crippen molar-refractivity contribution in [3.63, 3.8) is 0 Å². The average Bonchev–Trinajstić information content (AvgIpc) is 1.72. The Morgan fingerprint density at radius 1 is 1.50 bits per heavy atom. The number of ketones is 1. The molecule has 1 nitrogen and oxygen atoms in total. The lowest BCUT2D eigenvalue weighted by atomic mass is 10.4. The van der Waals surface area contributed by atoms with Crippen molar-refractivity contribution in [2.24, 2.45) is 0 Å². The van der Waals surface area contributed by atoms with E-state index in [4.69, 9.17) is 0 Å². The number of carbonyl (C=O) groups excluding carboxylic acids is 1. The van der Waals surface area contributed by atoms with Gasteiger partial charge in [0.15, 0.2) is 5.78 Å². The number of allylic oxidation sites excluding steroid dienone is 2. The fourth-order valence-corrected chi connectivity index (χ4v) is 0.235. The minimum absolute atomic E-state index is 0.109. The molecule has 0 aromatic rings. The molecule has 0 rings (SSSR count). The molecule has 46 valence electrons. The number of carbonyl (C=O) groups is 1. The van der Waals surface area contributed by atoms with Gasteiger partial charge in [-0.3, -0.25) is 4.79 Å². The van der Waals surface area contributed by atoms with Crippen LogP contribution in [0.25, 0.3) is 0 Å². The van der Waals surface area contributed by atoms with E-state index in [0.29, 0.717) is 0 Å². The van der Waals surface area contributed by atoms with Gasteiger partial charge in [-0.1, -0.05) is 6.08 Å². The van der Waals surface area contributed by atoms with Gasteiger partial charge in [0.25, 0.3) is 0 Å². The molecule has 0 unspecified atom stereocenters. The highest BCUT2D eigenvalue weighted by atomic mass is 16.1. The first-order chi connectivity index (χ1) is 3.77. The second-order valence-electron chi connectivity index (χ2n) is 1.11. The summed E-state index contributed by atoms with van der Waals surface area (Å²) in [4.78, 5) is 9.96. The van der Waals surface area contributed by atoms with Crippen molar-refractivity contribution in [2.45, 2.75) is 13.8 Å². The van der Waals surface area contributed by atoms with Crippen LogP contribution in [0.3, 0.4) is 0 Å². The van der Waals surface area contributed by atoms with Gasteiger partial charge in [0, 0.05) is 0 Å². The van der Waals surface area contributed by atoms with Crippen LogP contribution >= 0.6 is 0 Å². The zero-order valence-corrected chi connectivity index (χ0v) is 5.48. The van der Waals surface area contributed by atoms with Crippen LogP contribution in [0.15, 0.2) is 25.3 Å². The maximum atomic E-state index is 9.96. The monoisotopic (exact) mass is 112 g/mol. The Labute approximate surface area is 50.7 Å². The normalized spacial score (nSPS) is 7.75. The third kappa shape index (κ3) is 19.2. The molecule has 0 radical (unpaired) electrons. The Morgan fingerprint density at radius 3 is 1.88 bits per heavy atom. The van der Waals surface area contributed by atoms with Gasteiger partial charge >= 0.3 is 0 Å². The van der Waals surface area contributed by atoms with Crippen molar-refractivity contribution < 1.29 is 4.79 Å². The molecule has 0 atom stereocenters. The smallest absolute Gasteiger partial charge is 0.152 e. The maximum absolute atomic E-state index is 9.96. The van der Waals surface area contributed by atoms with Gasteiger partial charge in [0.1, 0.15) is 0 Å². The van der Waals surface area contributed by atoms with E-state index in [1.165, 1.54) is 13.0 Å². The standard InChI is InChI=1S/C5H8O.C2H4/c1-3-4-5(2)6;1-2/h3-4H,1-2H3;1-2H2/b4-3-;. The zero-order chi connectivity index (χ0) is 6.99. The summed E-state index contributed by atoms with van der Waals surface area (Å²) in [6.45, 7) is 9.35. The van der Waals surface area contributed by atoms with Gasteiger partial charge in [-0.15, -0.1) is 13.2 Å². The highest BCUT2D eigenvalue weighted by Crippen LogP contribution is 1.69. The molecule has 0 heterocycles. The van der Waals surface area contributed by atoms with Crippen molar-refractivity contribution >= 4 is 5.78 Å². The number of hydrogen-bond acceptors (Lipinski definition) is 1. The molecule has 0 fully saturated rings. The predicted octanol–water partition coefficient (Wildman–Crippen LogP) is 1.95. The molecule has 0 aromatic heterocycles. The van der Waals surface area contributed by atoms with Gasteiger partial charge in [-0.05, 0) is 19.9 Å². The molecule has 0 saturated heterocycles. The molecule has 0 aliphatic heterocycles. The minimum Gasteiger partial charge on any atom is -0.295 e. The summed E-state index contributed by atoms with van der Waals surface area (Å²) < 4.78 is 0. The van der Waals surface area contributed by atoms with Gasteiger partial charge in [0.2, 0.25) is 0 Å². The van der Waals surface area contributed by atoms with Gasteiger partial charge < -0.3 is 0 Å². The van der Waals surface area contributed by atoms with E-state index in [1.807, 2.05) is 6.92 Å². The van der Waals surface area contributed by atoms with Crippen molar-refractivity contribution in [2.75, 3.05) is 0 Å². The van der Waals surface area contributed by atoms with Crippen molar-refractivity contribution in [3.8, 4) is 0 Å². The minimum atomic E-state index is 0.109. The van der Waals surface area contributed by atoms with Crippen LogP contribution in [0.2, 0.25) is 0 Å². The second-order valence-corrected chi connectivity index (χ2v) is 1.11. The summed E-state index contributed by atoms with van der Waals surface area (Å²) in [5.41, 5.74) is 0. The molecule has 0 aliphatic carbocycles. The lowest BCUT2D eigenvalue weighted by Crippen LogP contribution is -1.76. The summed E-state index contributed by atoms with van der Waals surface area (Å²) in [6, 6.07) is 0.